The minimum absolute atomic E-state index is 0.0127. The highest BCUT2D eigenvalue weighted by molar-refractivity contribution is 7.99. The molecule has 14 nitrogen and oxygen atoms in total. The number of nitrogens with one attached hydrogen (secondary N) is 1. The van der Waals surface area contributed by atoms with E-state index in [2.05, 4.69) is 39.2 Å². The van der Waals surface area contributed by atoms with Crippen LogP contribution in [0.25, 0.3) is 0 Å². The number of nitro benzene ring substituents is 2. The van der Waals surface area contributed by atoms with E-state index in [4.69, 9.17) is 13.9 Å². The first-order chi connectivity index (χ1) is 21.6. The number of nitrogens with zero attached hydrogens (tertiary/aromatic N) is 3. The van der Waals surface area contributed by atoms with Crippen molar-refractivity contribution in [3.8, 4) is 0 Å². The lowest BCUT2D eigenvalue weighted by Crippen LogP contribution is -2.44. The van der Waals surface area contributed by atoms with Gasteiger partial charge in [-0.25, -0.2) is 9.59 Å². The molecule has 1 unspecified atom stereocenters. The van der Waals surface area contributed by atoms with Gasteiger partial charge in [-0.1, -0.05) is 20.8 Å². The van der Waals surface area contributed by atoms with E-state index < -0.39 is 36.5 Å². The normalized spacial score (nSPS) is 17.3. The molecule has 1 saturated heterocycles. The Bertz CT molecular complexity index is 1350. The fourth-order valence-corrected chi connectivity index (χ4v) is 6.86. The zero-order chi connectivity index (χ0) is 34.1. The van der Waals surface area contributed by atoms with E-state index in [1.807, 2.05) is 0 Å². The number of likely N-dealkylation sites (tertiary alicyclic amines) is 1. The van der Waals surface area contributed by atoms with Crippen molar-refractivity contribution in [2.24, 2.45) is 0 Å². The highest BCUT2D eigenvalue weighted by atomic mass is 32.2. The number of carbonyl (C=O) groups excluding carboxylic acids is 2. The Hall–Kier alpha value is -3.73. The average Bonchev–Trinajstić information content (AvgIpc) is 3.39. The Morgan fingerprint density at radius 2 is 1.52 bits per heavy atom. The van der Waals surface area contributed by atoms with Gasteiger partial charge in [0.1, 0.15) is 13.2 Å². The van der Waals surface area contributed by atoms with Crippen molar-refractivity contribution >= 4 is 43.6 Å². The summed E-state index contributed by atoms with van der Waals surface area (Å²) in [4.78, 5) is 47.6. The van der Waals surface area contributed by atoms with Crippen molar-refractivity contribution in [3.05, 3.63) is 79.9 Å². The van der Waals surface area contributed by atoms with Crippen LogP contribution < -0.4 is 5.32 Å². The van der Waals surface area contributed by atoms with Gasteiger partial charge in [0.15, 0.2) is 8.32 Å². The first-order valence-corrected chi connectivity index (χ1v) is 18.9. The molecule has 2 aromatic rings. The van der Waals surface area contributed by atoms with Crippen molar-refractivity contribution in [2.75, 3.05) is 24.6 Å². The predicted molar refractivity (Wildman–Crippen MR) is 175 cm³/mol. The number of alkyl carbamates (subject to hydrolysis) is 1. The molecule has 16 heteroatoms. The average molecular weight is 679 g/mol. The number of hydrogen-bond acceptors (Lipinski definition) is 11. The lowest BCUT2D eigenvalue weighted by Gasteiger charge is -2.38. The van der Waals surface area contributed by atoms with Crippen LogP contribution in [-0.4, -0.2) is 83.2 Å². The molecule has 2 N–H and O–H groups in total. The van der Waals surface area contributed by atoms with Crippen LogP contribution in [0.4, 0.5) is 21.0 Å². The fourth-order valence-electron chi connectivity index (χ4n) is 4.39. The smallest absolute Gasteiger partial charge is 0.410 e. The van der Waals surface area contributed by atoms with Gasteiger partial charge in [-0.15, -0.1) is 0 Å². The van der Waals surface area contributed by atoms with Gasteiger partial charge in [0.25, 0.3) is 11.4 Å². The van der Waals surface area contributed by atoms with Gasteiger partial charge in [0.05, 0.1) is 22.1 Å². The summed E-state index contributed by atoms with van der Waals surface area (Å²) >= 11 is 1.43. The summed E-state index contributed by atoms with van der Waals surface area (Å²) in [5.74, 6) is 0.796. The number of aliphatic hydroxyl groups is 1. The lowest BCUT2D eigenvalue weighted by atomic mass is 10.2. The summed E-state index contributed by atoms with van der Waals surface area (Å²) in [5.41, 5.74) is 1.10. The molecule has 46 heavy (non-hydrogen) atoms. The summed E-state index contributed by atoms with van der Waals surface area (Å²) in [7, 11) is -2.12. The van der Waals surface area contributed by atoms with Gasteiger partial charge >= 0.3 is 12.2 Å². The highest BCUT2D eigenvalue weighted by Gasteiger charge is 2.44. The Morgan fingerprint density at radius 3 is 2.02 bits per heavy atom. The minimum atomic E-state index is -2.12. The van der Waals surface area contributed by atoms with E-state index >= 15 is 0 Å². The maximum absolute atomic E-state index is 13.2. The molecule has 1 aliphatic heterocycles. The Balaban J connectivity index is 1.50. The number of nitro groups is 2. The van der Waals surface area contributed by atoms with Crippen LogP contribution in [0.3, 0.4) is 0 Å². The van der Waals surface area contributed by atoms with E-state index in [1.165, 1.54) is 48.2 Å². The maximum atomic E-state index is 13.2. The van der Waals surface area contributed by atoms with Gasteiger partial charge in [0.2, 0.25) is 0 Å². The molecule has 2 aromatic carbocycles. The van der Waals surface area contributed by atoms with E-state index in [0.29, 0.717) is 35.6 Å². The molecule has 0 aromatic heterocycles. The third-order valence-electron chi connectivity index (χ3n) is 8.01. The lowest BCUT2D eigenvalue weighted by molar-refractivity contribution is -0.385. The van der Waals surface area contributed by atoms with Gasteiger partial charge in [-0.05, 0) is 59.9 Å². The molecule has 0 radical (unpaired) electrons. The molecule has 1 heterocycles. The van der Waals surface area contributed by atoms with Crippen LogP contribution in [0.15, 0.2) is 48.5 Å². The van der Waals surface area contributed by atoms with Crippen LogP contribution in [0.2, 0.25) is 18.1 Å². The number of aliphatic hydroxyl groups excluding tert-OH is 1. The molecular formula is C30H42N4O10SSi. The summed E-state index contributed by atoms with van der Waals surface area (Å²) in [5, 5.41) is 34.6. The number of non-ortho nitro benzene ring substituents is 2. The fraction of sp³-hybridized carbons (Fsp3) is 0.533. The van der Waals surface area contributed by atoms with E-state index in [0.717, 1.165) is 0 Å². The summed E-state index contributed by atoms with van der Waals surface area (Å²) in [6, 6.07) is 11.2. The second-order valence-electron chi connectivity index (χ2n) is 12.6. The molecule has 1 fully saturated rings. The molecule has 0 spiro atoms. The Morgan fingerprint density at radius 1 is 1.00 bits per heavy atom. The molecule has 3 atom stereocenters. The summed E-state index contributed by atoms with van der Waals surface area (Å²) in [6.07, 6.45) is -1.68. The van der Waals surface area contributed by atoms with Gasteiger partial charge in [0, 0.05) is 54.9 Å². The second kappa shape index (κ2) is 16.2. The summed E-state index contributed by atoms with van der Waals surface area (Å²) in [6.45, 7) is 11.0. The zero-order valence-corrected chi connectivity index (χ0v) is 28.5. The standard InChI is InChI=1S/C30H42N4O10SSi/c1-30(2,3)46(4,5)44-27-14-25(32(16-27)29(37)43-18-22-8-12-24(13-9-22)34(40)41)19-45-20-26(35)15-31-28(36)42-17-21-6-10-23(11-7-21)33(38)39/h6-13,25-27,35H,14-20H2,1-5H3,(H,31,36)/t25-,26?,27+/m0/s1. The van der Waals surface area contributed by atoms with Crippen LogP contribution in [0.5, 0.6) is 0 Å². The van der Waals surface area contributed by atoms with Gasteiger partial charge < -0.3 is 29.2 Å². The quantitative estimate of drug-likeness (QED) is 0.144. The molecule has 252 valence electrons. The molecule has 0 saturated carbocycles. The largest absolute Gasteiger partial charge is 0.445 e. The number of rotatable bonds is 14. The number of hydrogen-bond donors (Lipinski definition) is 2. The molecular weight excluding hydrogens is 637 g/mol. The van der Waals surface area contributed by atoms with Crippen molar-refractivity contribution in [1.82, 2.24) is 10.2 Å². The molecule has 2 amide bonds. The molecule has 0 aliphatic carbocycles. The number of amides is 2. The molecule has 3 rings (SSSR count). The minimum Gasteiger partial charge on any atom is -0.445 e. The van der Waals surface area contributed by atoms with Crippen LogP contribution >= 0.6 is 11.8 Å². The Labute approximate surface area is 273 Å². The van der Waals surface area contributed by atoms with Crippen LogP contribution in [-0.2, 0) is 27.1 Å². The molecule has 1 aliphatic rings. The van der Waals surface area contributed by atoms with Crippen LogP contribution in [0, 0.1) is 20.2 Å². The van der Waals surface area contributed by atoms with E-state index in [9.17, 15) is 34.9 Å². The van der Waals surface area contributed by atoms with Crippen molar-refractivity contribution in [3.63, 3.8) is 0 Å². The van der Waals surface area contributed by atoms with Gasteiger partial charge in [-0.3, -0.25) is 20.2 Å². The van der Waals surface area contributed by atoms with E-state index in [-0.39, 0.29) is 48.3 Å². The number of benzene rings is 2. The maximum Gasteiger partial charge on any atom is 0.410 e. The Kier molecular flexibility index (Phi) is 12.9. The number of thioether (sulfide) groups is 1. The van der Waals surface area contributed by atoms with Crippen LogP contribution in [0.1, 0.15) is 38.3 Å². The first-order valence-electron chi connectivity index (χ1n) is 14.8. The van der Waals surface area contributed by atoms with E-state index in [1.54, 1.807) is 17.0 Å². The van der Waals surface area contributed by atoms with Gasteiger partial charge in [-0.2, -0.15) is 11.8 Å². The summed E-state index contributed by atoms with van der Waals surface area (Å²) < 4.78 is 17.3. The number of ether oxygens (including phenoxy) is 2. The first kappa shape index (κ1) is 36.7. The topological polar surface area (TPSA) is 184 Å². The zero-order valence-electron chi connectivity index (χ0n) is 26.7. The SMILES string of the molecule is CC(C)(C)[Si](C)(C)O[C@@H]1C[C@@H](CSCC(O)CNC(=O)OCc2ccc([N+](=O)[O-])cc2)N(C(=O)OCc2ccc([N+](=O)[O-])cc2)C1. The third kappa shape index (κ3) is 11.0. The van der Waals surface area contributed by atoms with Crippen molar-refractivity contribution in [2.45, 2.75) is 76.8 Å². The highest BCUT2D eigenvalue weighted by Crippen LogP contribution is 2.39. The number of carbonyl (C=O) groups is 2. The van der Waals surface area contributed by atoms with Crippen molar-refractivity contribution < 1.29 is 38.4 Å². The monoisotopic (exact) mass is 678 g/mol. The van der Waals surface area contributed by atoms with Crippen molar-refractivity contribution in [1.29, 1.82) is 0 Å². The predicted octanol–water partition coefficient (Wildman–Crippen LogP) is 5.62. The third-order valence-corrected chi connectivity index (χ3v) is 13.8. The molecule has 0 bridgehead atoms. The second-order valence-corrected chi connectivity index (χ2v) is 18.4.